The first-order chi connectivity index (χ1) is 8.42. The van der Waals surface area contributed by atoms with Crippen LogP contribution in [0.3, 0.4) is 0 Å². The number of fused-ring (bicyclic) bond motifs is 1. The molecular weight excluding hydrogens is 214 g/mol. The molecule has 2 aromatic rings. The van der Waals surface area contributed by atoms with E-state index in [2.05, 4.69) is 14.9 Å². The van der Waals surface area contributed by atoms with Gasteiger partial charge in [-0.25, -0.2) is 0 Å². The first-order valence-corrected chi connectivity index (χ1v) is 6.21. The normalized spacial score (nSPS) is 16.7. The van der Waals surface area contributed by atoms with Crippen LogP contribution in [0, 0.1) is 0 Å². The molecule has 0 radical (unpaired) electrons. The van der Waals surface area contributed by atoms with E-state index in [4.69, 9.17) is 4.74 Å². The summed E-state index contributed by atoms with van der Waals surface area (Å²) in [6, 6.07) is 5.97. The van der Waals surface area contributed by atoms with Crippen molar-refractivity contribution in [3.05, 3.63) is 24.4 Å². The highest BCUT2D eigenvalue weighted by molar-refractivity contribution is 5.75. The molecular formula is C13H17N3O. The van der Waals surface area contributed by atoms with Gasteiger partial charge < -0.3 is 9.72 Å². The van der Waals surface area contributed by atoms with Gasteiger partial charge >= 0.3 is 0 Å². The van der Waals surface area contributed by atoms with Gasteiger partial charge in [0.25, 0.3) is 0 Å². The number of aromatic amines is 1. The predicted molar refractivity (Wildman–Crippen MR) is 67.3 cm³/mol. The molecule has 0 aromatic carbocycles. The molecule has 0 aliphatic carbocycles. The Kier molecular flexibility index (Phi) is 2.96. The predicted octanol–water partition coefficient (Wildman–Crippen LogP) is 2.04. The summed E-state index contributed by atoms with van der Waals surface area (Å²) in [4.78, 5) is 9.93. The third-order valence-electron chi connectivity index (χ3n) is 3.24. The second-order valence-corrected chi connectivity index (χ2v) is 4.46. The van der Waals surface area contributed by atoms with Crippen molar-refractivity contribution in [2.45, 2.75) is 12.8 Å². The summed E-state index contributed by atoms with van der Waals surface area (Å²) in [7, 11) is 0. The van der Waals surface area contributed by atoms with Gasteiger partial charge in [0.15, 0.2) is 0 Å². The average Bonchev–Trinajstić information content (AvgIpc) is 2.98. The summed E-state index contributed by atoms with van der Waals surface area (Å²) in [5.41, 5.74) is 0.892. The Hall–Kier alpha value is -1.55. The molecule has 4 heteroatoms. The van der Waals surface area contributed by atoms with Gasteiger partial charge in [0.05, 0.1) is 0 Å². The summed E-state index contributed by atoms with van der Waals surface area (Å²) in [6.45, 7) is 4.16. The Balaban J connectivity index is 1.56. The highest BCUT2D eigenvalue weighted by Crippen LogP contribution is 2.15. The molecule has 4 nitrogen and oxygen atoms in total. The number of ether oxygens (including phenoxy) is 1. The van der Waals surface area contributed by atoms with Gasteiger partial charge in [-0.3, -0.25) is 4.90 Å². The first-order valence-electron chi connectivity index (χ1n) is 6.21. The van der Waals surface area contributed by atoms with Crippen LogP contribution >= 0.6 is 0 Å². The van der Waals surface area contributed by atoms with E-state index >= 15 is 0 Å². The van der Waals surface area contributed by atoms with Crippen molar-refractivity contribution < 1.29 is 4.74 Å². The van der Waals surface area contributed by atoms with Crippen molar-refractivity contribution in [1.29, 1.82) is 0 Å². The SMILES string of the molecule is c1cc2ccc(OCCN3CCCC3)nc2[nH]1. The van der Waals surface area contributed by atoms with Crippen molar-refractivity contribution >= 4 is 11.0 Å². The van der Waals surface area contributed by atoms with Crippen LogP contribution in [-0.4, -0.2) is 41.1 Å². The molecule has 0 bridgehead atoms. The number of hydrogen-bond donors (Lipinski definition) is 1. The van der Waals surface area contributed by atoms with E-state index in [1.807, 2.05) is 24.4 Å². The van der Waals surface area contributed by atoms with E-state index in [0.717, 1.165) is 24.2 Å². The van der Waals surface area contributed by atoms with E-state index < -0.39 is 0 Å². The molecule has 0 unspecified atom stereocenters. The summed E-state index contributed by atoms with van der Waals surface area (Å²) < 4.78 is 5.67. The summed E-state index contributed by atoms with van der Waals surface area (Å²) in [6.07, 6.45) is 4.55. The molecule has 0 saturated carbocycles. The van der Waals surface area contributed by atoms with Crippen molar-refractivity contribution in [3.63, 3.8) is 0 Å². The van der Waals surface area contributed by atoms with Gasteiger partial charge in [-0.15, -0.1) is 0 Å². The van der Waals surface area contributed by atoms with E-state index in [-0.39, 0.29) is 0 Å². The van der Waals surface area contributed by atoms with Crippen LogP contribution in [-0.2, 0) is 0 Å². The topological polar surface area (TPSA) is 41.1 Å². The molecule has 1 fully saturated rings. The van der Waals surface area contributed by atoms with Gasteiger partial charge in [-0.05, 0) is 38.1 Å². The Morgan fingerprint density at radius 1 is 1.24 bits per heavy atom. The molecule has 17 heavy (non-hydrogen) atoms. The minimum absolute atomic E-state index is 0.708. The van der Waals surface area contributed by atoms with Crippen LogP contribution in [0.2, 0.25) is 0 Å². The molecule has 0 atom stereocenters. The average molecular weight is 231 g/mol. The van der Waals surface area contributed by atoms with E-state index in [0.29, 0.717) is 5.88 Å². The lowest BCUT2D eigenvalue weighted by atomic mass is 10.3. The summed E-state index contributed by atoms with van der Waals surface area (Å²) >= 11 is 0. The number of likely N-dealkylation sites (tertiary alicyclic amines) is 1. The van der Waals surface area contributed by atoms with Crippen LogP contribution in [0.4, 0.5) is 0 Å². The zero-order valence-corrected chi connectivity index (χ0v) is 9.85. The molecule has 0 amide bonds. The lowest BCUT2D eigenvalue weighted by molar-refractivity contribution is 0.232. The molecule has 2 aromatic heterocycles. The zero-order chi connectivity index (χ0) is 11.5. The smallest absolute Gasteiger partial charge is 0.215 e. The number of H-pyrrole nitrogens is 1. The van der Waals surface area contributed by atoms with Crippen LogP contribution in [0.15, 0.2) is 24.4 Å². The number of rotatable bonds is 4. The largest absolute Gasteiger partial charge is 0.476 e. The number of pyridine rings is 1. The van der Waals surface area contributed by atoms with Gasteiger partial charge in [-0.1, -0.05) is 0 Å². The summed E-state index contributed by atoms with van der Waals surface area (Å²) in [5, 5.41) is 1.12. The van der Waals surface area contributed by atoms with Crippen molar-refractivity contribution in [1.82, 2.24) is 14.9 Å². The van der Waals surface area contributed by atoms with Gasteiger partial charge in [0, 0.05) is 24.2 Å². The maximum absolute atomic E-state index is 5.67. The Bertz CT molecular complexity index is 488. The van der Waals surface area contributed by atoms with E-state index in [1.165, 1.54) is 25.9 Å². The lowest BCUT2D eigenvalue weighted by Gasteiger charge is -2.14. The van der Waals surface area contributed by atoms with Crippen molar-refractivity contribution in [2.75, 3.05) is 26.2 Å². The zero-order valence-electron chi connectivity index (χ0n) is 9.85. The lowest BCUT2D eigenvalue weighted by Crippen LogP contribution is -2.25. The molecule has 1 aliphatic rings. The van der Waals surface area contributed by atoms with Crippen molar-refractivity contribution in [3.8, 4) is 5.88 Å². The van der Waals surface area contributed by atoms with Crippen LogP contribution in [0.25, 0.3) is 11.0 Å². The fourth-order valence-corrected chi connectivity index (χ4v) is 2.28. The minimum Gasteiger partial charge on any atom is -0.476 e. The minimum atomic E-state index is 0.708. The standard InChI is InChI=1S/C13H17N3O/c1-2-8-16(7-1)9-10-17-12-4-3-11-5-6-14-13(11)15-12/h3-6H,1-2,7-10H2,(H,14,15). The number of nitrogens with zero attached hydrogens (tertiary/aromatic N) is 2. The highest BCUT2D eigenvalue weighted by Gasteiger charge is 2.10. The van der Waals surface area contributed by atoms with E-state index in [9.17, 15) is 0 Å². The molecule has 1 aliphatic heterocycles. The second kappa shape index (κ2) is 4.75. The highest BCUT2D eigenvalue weighted by atomic mass is 16.5. The van der Waals surface area contributed by atoms with Crippen LogP contribution < -0.4 is 4.74 Å². The van der Waals surface area contributed by atoms with Crippen LogP contribution in [0.5, 0.6) is 5.88 Å². The maximum atomic E-state index is 5.67. The Morgan fingerprint density at radius 3 is 3.00 bits per heavy atom. The Labute approximate surface area is 101 Å². The number of aromatic nitrogens is 2. The van der Waals surface area contributed by atoms with Gasteiger partial charge in [-0.2, -0.15) is 4.98 Å². The monoisotopic (exact) mass is 231 g/mol. The van der Waals surface area contributed by atoms with E-state index in [1.54, 1.807) is 0 Å². The van der Waals surface area contributed by atoms with Gasteiger partial charge in [0.2, 0.25) is 5.88 Å². The molecule has 1 saturated heterocycles. The van der Waals surface area contributed by atoms with Crippen LogP contribution in [0.1, 0.15) is 12.8 Å². The molecule has 90 valence electrons. The third kappa shape index (κ3) is 2.42. The quantitative estimate of drug-likeness (QED) is 0.875. The Morgan fingerprint density at radius 2 is 2.12 bits per heavy atom. The fourth-order valence-electron chi connectivity index (χ4n) is 2.28. The molecule has 0 spiro atoms. The maximum Gasteiger partial charge on any atom is 0.215 e. The molecule has 3 heterocycles. The van der Waals surface area contributed by atoms with Crippen molar-refractivity contribution in [2.24, 2.45) is 0 Å². The first kappa shape index (κ1) is 10.6. The molecule has 3 rings (SSSR count). The molecule has 1 N–H and O–H groups in total. The second-order valence-electron chi connectivity index (χ2n) is 4.46. The summed E-state index contributed by atoms with van der Waals surface area (Å²) in [5.74, 6) is 0.708. The fraction of sp³-hybridized carbons (Fsp3) is 0.462. The number of hydrogen-bond acceptors (Lipinski definition) is 3. The number of nitrogens with one attached hydrogen (secondary N) is 1. The van der Waals surface area contributed by atoms with Gasteiger partial charge in [0.1, 0.15) is 12.3 Å². The third-order valence-corrected chi connectivity index (χ3v) is 3.24.